The summed E-state index contributed by atoms with van der Waals surface area (Å²) >= 11 is 6.08. The van der Waals surface area contributed by atoms with Gasteiger partial charge in [0.1, 0.15) is 18.4 Å². The van der Waals surface area contributed by atoms with Crippen molar-refractivity contribution < 1.29 is 9.32 Å². The maximum absolute atomic E-state index is 12.6. The van der Waals surface area contributed by atoms with Gasteiger partial charge in [0.05, 0.1) is 12.1 Å². The fourth-order valence-corrected chi connectivity index (χ4v) is 4.79. The molecule has 4 unspecified atom stereocenters. The van der Waals surface area contributed by atoms with Crippen molar-refractivity contribution >= 4 is 35.8 Å². The number of pyridine rings is 1. The Kier molecular flexibility index (Phi) is 3.98. The van der Waals surface area contributed by atoms with E-state index in [9.17, 15) is 4.79 Å². The molecule has 30 heavy (non-hydrogen) atoms. The van der Waals surface area contributed by atoms with E-state index in [2.05, 4.69) is 30.1 Å². The quantitative estimate of drug-likeness (QED) is 0.744. The predicted octanol–water partition coefficient (Wildman–Crippen LogP) is 1.92. The first-order valence-electron chi connectivity index (χ1n) is 9.92. The second-order valence-corrected chi connectivity index (χ2v) is 8.43. The maximum Gasteiger partial charge on any atom is 0.252 e. The van der Waals surface area contributed by atoms with Crippen LogP contribution in [0.5, 0.6) is 0 Å². The second kappa shape index (κ2) is 6.73. The van der Waals surface area contributed by atoms with Gasteiger partial charge in [-0.1, -0.05) is 22.8 Å². The summed E-state index contributed by atoms with van der Waals surface area (Å²) in [4.78, 5) is 28.1. The van der Waals surface area contributed by atoms with E-state index in [1.165, 1.54) is 5.01 Å². The van der Waals surface area contributed by atoms with Gasteiger partial charge in [0.15, 0.2) is 5.82 Å². The molecule has 1 saturated heterocycles. The lowest BCUT2D eigenvalue weighted by molar-refractivity contribution is -0.135. The normalized spacial score (nSPS) is 31.2. The zero-order chi connectivity index (χ0) is 20.2. The number of dihydropyridines is 1. The van der Waals surface area contributed by atoms with Crippen molar-refractivity contribution in [2.45, 2.75) is 18.5 Å². The highest BCUT2D eigenvalue weighted by molar-refractivity contribution is 6.30. The van der Waals surface area contributed by atoms with Crippen LogP contribution >= 0.6 is 11.6 Å². The van der Waals surface area contributed by atoms with Crippen molar-refractivity contribution in [3.63, 3.8) is 0 Å². The number of anilines is 1. The summed E-state index contributed by atoms with van der Waals surface area (Å²) < 4.78 is 5.43. The minimum absolute atomic E-state index is 0.108. The fourth-order valence-electron chi connectivity index (χ4n) is 4.64. The van der Waals surface area contributed by atoms with Gasteiger partial charge in [-0.3, -0.25) is 9.79 Å². The predicted molar refractivity (Wildman–Crippen MR) is 109 cm³/mol. The Bertz CT molecular complexity index is 1080. The Balaban J connectivity index is 1.10. The van der Waals surface area contributed by atoms with Crippen molar-refractivity contribution in [1.82, 2.24) is 20.1 Å². The summed E-state index contributed by atoms with van der Waals surface area (Å²) in [6.45, 7) is 1.97. The molecule has 9 nitrogen and oxygen atoms in total. The Morgan fingerprint density at radius 2 is 2.13 bits per heavy atom. The van der Waals surface area contributed by atoms with Gasteiger partial charge in [-0.15, -0.1) is 0 Å². The molecule has 4 aliphatic rings. The molecule has 3 aliphatic heterocycles. The third-order valence-electron chi connectivity index (χ3n) is 6.22. The number of rotatable bonds is 4. The molecule has 1 amide bonds. The first-order chi connectivity index (χ1) is 14.7. The molecule has 2 aromatic heterocycles. The lowest BCUT2D eigenvalue weighted by Gasteiger charge is -2.28. The Morgan fingerprint density at radius 3 is 2.97 bits per heavy atom. The van der Waals surface area contributed by atoms with Crippen LogP contribution in [0.25, 0.3) is 0 Å². The van der Waals surface area contributed by atoms with E-state index in [0.29, 0.717) is 34.5 Å². The largest absolute Gasteiger partial charge is 0.356 e. The number of aliphatic imine (C=N–C) groups is 1. The molecule has 2 aromatic rings. The number of hydrogen-bond acceptors (Lipinski definition) is 8. The Labute approximate surface area is 177 Å². The summed E-state index contributed by atoms with van der Waals surface area (Å²) in [5.74, 6) is 2.85. The Hall–Kier alpha value is -3.07. The highest BCUT2D eigenvalue weighted by atomic mass is 35.5. The average Bonchev–Trinajstić information content (AvgIpc) is 3.10. The van der Waals surface area contributed by atoms with Crippen LogP contribution in [0.1, 0.15) is 17.6 Å². The third-order valence-corrected chi connectivity index (χ3v) is 6.46. The van der Waals surface area contributed by atoms with Crippen molar-refractivity contribution in [2.75, 3.05) is 18.0 Å². The molecule has 0 bridgehead atoms. The van der Waals surface area contributed by atoms with Gasteiger partial charge in [0, 0.05) is 36.4 Å². The van der Waals surface area contributed by atoms with E-state index < -0.39 is 0 Å². The molecule has 0 N–H and O–H groups in total. The number of carbonyl (C=O) groups is 1. The monoisotopic (exact) mass is 423 g/mol. The topological polar surface area (TPSA) is 100 Å². The zero-order valence-corrected chi connectivity index (χ0v) is 16.6. The standard InChI is InChI=1S/C20H18ClN7O2/c21-11-3-5-23-16(6-11)27-8-13-14(9-27)18(13)19-25-17(30-26-19)10-28-20(29)12-2-1-4-22-15(12)7-24-28/h1-7,12-15,18H,8-10H2. The average molecular weight is 424 g/mol. The molecule has 2 fully saturated rings. The van der Waals surface area contributed by atoms with Crippen LogP contribution < -0.4 is 4.90 Å². The van der Waals surface area contributed by atoms with Gasteiger partial charge >= 0.3 is 0 Å². The van der Waals surface area contributed by atoms with Crippen LogP contribution in [0.15, 0.2) is 45.1 Å². The first-order valence-corrected chi connectivity index (χ1v) is 10.3. The summed E-state index contributed by atoms with van der Waals surface area (Å²) in [6.07, 6.45) is 8.74. The molecule has 5 heterocycles. The molecule has 0 radical (unpaired) electrons. The molecular weight excluding hydrogens is 406 g/mol. The van der Waals surface area contributed by atoms with E-state index >= 15 is 0 Å². The van der Waals surface area contributed by atoms with E-state index in [1.54, 1.807) is 30.8 Å². The number of amides is 1. The summed E-state index contributed by atoms with van der Waals surface area (Å²) in [5, 5.41) is 10.5. The van der Waals surface area contributed by atoms with Crippen LogP contribution in [0.4, 0.5) is 5.82 Å². The maximum atomic E-state index is 12.6. The van der Waals surface area contributed by atoms with Gasteiger partial charge in [-0.25, -0.2) is 9.99 Å². The van der Waals surface area contributed by atoms with E-state index in [-0.39, 0.29) is 24.4 Å². The number of aromatic nitrogens is 3. The van der Waals surface area contributed by atoms with Crippen molar-refractivity contribution in [1.29, 1.82) is 0 Å². The smallest absolute Gasteiger partial charge is 0.252 e. The minimum atomic E-state index is -0.316. The van der Waals surface area contributed by atoms with Crippen molar-refractivity contribution in [3.05, 3.63) is 47.2 Å². The zero-order valence-electron chi connectivity index (χ0n) is 15.9. The molecule has 10 heteroatoms. The summed E-state index contributed by atoms with van der Waals surface area (Å²) in [5.41, 5.74) is 0. The summed E-state index contributed by atoms with van der Waals surface area (Å²) in [6, 6.07) is 3.45. The number of halogens is 1. The number of hydrazone groups is 1. The van der Waals surface area contributed by atoms with Crippen LogP contribution in [-0.2, 0) is 11.3 Å². The summed E-state index contributed by atoms with van der Waals surface area (Å²) in [7, 11) is 0. The van der Waals surface area contributed by atoms with Crippen LogP contribution in [0, 0.1) is 17.8 Å². The number of carbonyl (C=O) groups excluding carboxylic acids is 1. The fraction of sp³-hybridized carbons (Fsp3) is 0.400. The van der Waals surface area contributed by atoms with Crippen molar-refractivity contribution in [3.8, 4) is 0 Å². The van der Waals surface area contributed by atoms with Gasteiger partial charge in [-0.2, -0.15) is 10.1 Å². The van der Waals surface area contributed by atoms with Gasteiger partial charge in [-0.05, 0) is 30.0 Å². The van der Waals surface area contributed by atoms with Crippen LogP contribution in [-0.4, -0.2) is 57.6 Å². The van der Waals surface area contributed by atoms with E-state index in [4.69, 9.17) is 16.1 Å². The molecule has 1 saturated carbocycles. The van der Waals surface area contributed by atoms with Crippen LogP contribution in [0.2, 0.25) is 5.02 Å². The second-order valence-electron chi connectivity index (χ2n) is 8.00. The molecular formula is C20H18ClN7O2. The van der Waals surface area contributed by atoms with Gasteiger partial charge < -0.3 is 9.42 Å². The molecule has 152 valence electrons. The molecule has 6 rings (SSSR count). The lowest BCUT2D eigenvalue weighted by atomic mass is 9.96. The number of nitrogens with zero attached hydrogens (tertiary/aromatic N) is 7. The highest BCUT2D eigenvalue weighted by Gasteiger charge is 2.58. The van der Waals surface area contributed by atoms with E-state index in [1.807, 2.05) is 12.1 Å². The highest BCUT2D eigenvalue weighted by Crippen LogP contribution is 2.57. The molecule has 0 spiro atoms. The third kappa shape index (κ3) is 2.92. The lowest BCUT2D eigenvalue weighted by Crippen LogP contribution is -2.42. The Morgan fingerprint density at radius 1 is 1.27 bits per heavy atom. The van der Waals surface area contributed by atoms with E-state index in [0.717, 1.165) is 18.9 Å². The molecule has 1 aliphatic carbocycles. The first kappa shape index (κ1) is 17.8. The number of allylic oxidation sites excluding steroid dienone is 1. The van der Waals surface area contributed by atoms with Crippen LogP contribution in [0.3, 0.4) is 0 Å². The van der Waals surface area contributed by atoms with Crippen molar-refractivity contribution in [2.24, 2.45) is 27.8 Å². The number of piperidine rings is 1. The molecule has 4 atom stereocenters. The SMILES string of the molecule is O=C1C2C=CC=NC2C=NN1Cc1nc(C2C3CN(c4cc(Cl)ccn4)CC32)no1. The number of fused-ring (bicyclic) bond motifs is 2. The van der Waals surface area contributed by atoms with Gasteiger partial charge in [0.25, 0.3) is 5.91 Å². The minimum Gasteiger partial charge on any atom is -0.356 e. The molecule has 0 aromatic carbocycles. The number of hydrogen-bond donors (Lipinski definition) is 0. The van der Waals surface area contributed by atoms with Gasteiger partial charge in [0.2, 0.25) is 5.89 Å².